The molecule has 8 heteroatoms. The number of rotatable bonds is 4. The molecule has 0 radical (unpaired) electrons. The van der Waals surface area contributed by atoms with E-state index in [2.05, 4.69) is 26.0 Å². The summed E-state index contributed by atoms with van der Waals surface area (Å²) in [5.41, 5.74) is 0.884. The van der Waals surface area contributed by atoms with Gasteiger partial charge in [-0.15, -0.1) is 0 Å². The third kappa shape index (κ3) is 4.17. The Labute approximate surface area is 196 Å². The molecule has 0 saturated heterocycles. The predicted molar refractivity (Wildman–Crippen MR) is 128 cm³/mol. The van der Waals surface area contributed by atoms with E-state index in [4.69, 9.17) is 0 Å². The van der Waals surface area contributed by atoms with Crippen LogP contribution in [0.1, 0.15) is 26.4 Å². The second-order valence-electron chi connectivity index (χ2n) is 7.27. The fourth-order valence-electron chi connectivity index (χ4n) is 3.71. The lowest BCUT2D eigenvalue weighted by Gasteiger charge is -2.17. The highest BCUT2D eigenvalue weighted by molar-refractivity contribution is 9.10. The van der Waals surface area contributed by atoms with E-state index in [1.807, 2.05) is 6.07 Å². The normalized spacial score (nSPS) is 10.8. The minimum absolute atomic E-state index is 0.0242. The van der Waals surface area contributed by atoms with Crippen molar-refractivity contribution in [2.24, 2.45) is 0 Å². The molecule has 4 rings (SSSR count). The summed E-state index contributed by atoms with van der Waals surface area (Å²) in [6.45, 7) is 1.67. The Morgan fingerprint density at radius 1 is 1.00 bits per heavy atom. The van der Waals surface area contributed by atoms with E-state index in [0.29, 0.717) is 26.6 Å². The maximum Gasteiger partial charge on any atom is 0.337 e. The van der Waals surface area contributed by atoms with Crippen molar-refractivity contribution >= 4 is 44.3 Å². The zero-order valence-electron chi connectivity index (χ0n) is 17.7. The molecule has 1 amide bonds. The van der Waals surface area contributed by atoms with Gasteiger partial charge in [-0.25, -0.2) is 9.18 Å². The van der Waals surface area contributed by atoms with Gasteiger partial charge in [0.15, 0.2) is 0 Å². The summed E-state index contributed by atoms with van der Waals surface area (Å²) in [5.74, 6) is -2.07. The Hall–Kier alpha value is -3.78. The van der Waals surface area contributed by atoms with E-state index in [1.54, 1.807) is 49.4 Å². The lowest BCUT2D eigenvalue weighted by Crippen LogP contribution is -2.26. The van der Waals surface area contributed by atoms with Gasteiger partial charge in [-0.3, -0.25) is 14.2 Å². The minimum atomic E-state index is -0.786. The van der Waals surface area contributed by atoms with Crippen LogP contribution in [0, 0.1) is 12.7 Å². The summed E-state index contributed by atoms with van der Waals surface area (Å²) in [6, 6.07) is 17.7. The number of methoxy groups -OCH3 is 1. The molecule has 1 heterocycles. The summed E-state index contributed by atoms with van der Waals surface area (Å²) >= 11 is 3.39. The number of nitrogens with zero attached hydrogens (tertiary/aromatic N) is 1. The maximum atomic E-state index is 14.6. The molecule has 1 aromatic heterocycles. The number of esters is 1. The second-order valence-corrected chi connectivity index (χ2v) is 8.18. The van der Waals surface area contributed by atoms with Crippen LogP contribution in [-0.4, -0.2) is 23.6 Å². The molecular weight excluding hydrogens is 491 g/mol. The van der Waals surface area contributed by atoms with Crippen molar-refractivity contribution in [3.05, 3.63) is 104 Å². The number of carbonyl (C=O) groups excluding carboxylic acids is 2. The smallest absolute Gasteiger partial charge is 0.337 e. The summed E-state index contributed by atoms with van der Waals surface area (Å²) in [6.07, 6.45) is 0. The number of halogens is 2. The molecule has 1 N–H and O–H groups in total. The van der Waals surface area contributed by atoms with Gasteiger partial charge in [0.1, 0.15) is 5.82 Å². The van der Waals surface area contributed by atoms with E-state index in [-0.39, 0.29) is 22.4 Å². The Morgan fingerprint density at radius 3 is 2.39 bits per heavy atom. The highest BCUT2D eigenvalue weighted by atomic mass is 79.9. The Morgan fingerprint density at radius 2 is 1.73 bits per heavy atom. The zero-order valence-corrected chi connectivity index (χ0v) is 19.3. The molecule has 0 saturated carbocycles. The van der Waals surface area contributed by atoms with Crippen LogP contribution < -0.4 is 10.9 Å². The molecule has 33 heavy (non-hydrogen) atoms. The van der Waals surface area contributed by atoms with Crippen LogP contribution in [0.4, 0.5) is 10.1 Å². The number of benzene rings is 3. The molecule has 0 unspecified atom stereocenters. The molecule has 0 aliphatic rings. The van der Waals surface area contributed by atoms with Crippen molar-refractivity contribution in [2.75, 3.05) is 12.4 Å². The Bertz CT molecular complexity index is 1470. The quantitative estimate of drug-likeness (QED) is 0.382. The number of fused-ring (bicyclic) bond motifs is 1. The number of para-hydroxylation sites is 1. The molecule has 6 nitrogen and oxygen atoms in total. The van der Waals surface area contributed by atoms with E-state index in [9.17, 15) is 18.8 Å². The number of nitrogens with one attached hydrogen (secondary N) is 1. The van der Waals surface area contributed by atoms with Gasteiger partial charge in [0, 0.05) is 26.6 Å². The van der Waals surface area contributed by atoms with Crippen molar-refractivity contribution in [1.82, 2.24) is 4.57 Å². The van der Waals surface area contributed by atoms with Gasteiger partial charge >= 0.3 is 5.97 Å². The number of anilines is 1. The van der Waals surface area contributed by atoms with E-state index in [1.165, 1.54) is 23.8 Å². The lowest BCUT2D eigenvalue weighted by atomic mass is 10.0. The number of hydrogen-bond acceptors (Lipinski definition) is 4. The first-order valence-electron chi connectivity index (χ1n) is 9.91. The molecule has 0 atom stereocenters. The van der Waals surface area contributed by atoms with Gasteiger partial charge in [0.2, 0.25) is 0 Å². The first-order valence-corrected chi connectivity index (χ1v) is 10.7. The van der Waals surface area contributed by atoms with Crippen LogP contribution in [0.3, 0.4) is 0 Å². The standard InChI is InChI=1S/C25H18BrFN2O4/c1-14-22(23(30)28-21-11-8-15(12-20(21)27)25(32)33-2)19-13-16(26)9-10-18(19)24(31)29(14)17-6-4-3-5-7-17/h3-13H,1-2H3,(H,28,30). The fraction of sp³-hybridized carbons (Fsp3) is 0.0800. The number of carbonyl (C=O) groups is 2. The van der Waals surface area contributed by atoms with Crippen LogP contribution >= 0.6 is 15.9 Å². The van der Waals surface area contributed by atoms with Crippen molar-refractivity contribution in [3.63, 3.8) is 0 Å². The molecule has 3 aromatic carbocycles. The molecule has 4 aromatic rings. The van der Waals surface area contributed by atoms with Crippen LogP contribution in [-0.2, 0) is 4.74 Å². The van der Waals surface area contributed by atoms with Gasteiger partial charge in [-0.2, -0.15) is 0 Å². The molecule has 0 aliphatic heterocycles. The fourth-order valence-corrected chi connectivity index (χ4v) is 4.07. The van der Waals surface area contributed by atoms with Gasteiger partial charge in [-0.1, -0.05) is 34.1 Å². The topological polar surface area (TPSA) is 77.4 Å². The van der Waals surface area contributed by atoms with Crippen molar-refractivity contribution in [3.8, 4) is 5.69 Å². The number of amides is 1. The second kappa shape index (κ2) is 8.99. The zero-order chi connectivity index (χ0) is 23.7. The number of aromatic nitrogens is 1. The van der Waals surface area contributed by atoms with Crippen LogP contribution in [0.15, 0.2) is 76.0 Å². The molecule has 0 bridgehead atoms. The number of pyridine rings is 1. The molecule has 0 fully saturated rings. The monoisotopic (exact) mass is 508 g/mol. The third-order valence-electron chi connectivity index (χ3n) is 5.26. The first kappa shape index (κ1) is 22.4. The highest BCUT2D eigenvalue weighted by Crippen LogP contribution is 2.27. The van der Waals surface area contributed by atoms with E-state index < -0.39 is 17.7 Å². The predicted octanol–water partition coefficient (Wildman–Crippen LogP) is 5.24. The van der Waals surface area contributed by atoms with Crippen LogP contribution in [0.2, 0.25) is 0 Å². The maximum absolute atomic E-state index is 14.6. The van der Waals surface area contributed by atoms with Crippen LogP contribution in [0.25, 0.3) is 16.5 Å². The van der Waals surface area contributed by atoms with Crippen molar-refractivity contribution in [1.29, 1.82) is 0 Å². The van der Waals surface area contributed by atoms with E-state index >= 15 is 0 Å². The minimum Gasteiger partial charge on any atom is -0.465 e. The number of hydrogen-bond donors (Lipinski definition) is 1. The molecular formula is C25H18BrFN2O4. The average Bonchev–Trinajstić information content (AvgIpc) is 2.80. The SMILES string of the molecule is COC(=O)c1ccc(NC(=O)c2c(C)n(-c3ccccc3)c(=O)c3ccc(Br)cc23)c(F)c1. The summed E-state index contributed by atoms with van der Waals surface area (Å²) < 4.78 is 21.4. The summed E-state index contributed by atoms with van der Waals surface area (Å²) in [4.78, 5) is 38.3. The van der Waals surface area contributed by atoms with Gasteiger partial charge < -0.3 is 10.1 Å². The average molecular weight is 509 g/mol. The molecule has 0 aliphatic carbocycles. The lowest BCUT2D eigenvalue weighted by molar-refractivity contribution is 0.0600. The largest absolute Gasteiger partial charge is 0.465 e. The van der Waals surface area contributed by atoms with Gasteiger partial charge in [0.05, 0.1) is 23.9 Å². The first-order chi connectivity index (χ1) is 15.8. The molecule has 0 spiro atoms. The third-order valence-corrected chi connectivity index (χ3v) is 5.75. The van der Waals surface area contributed by atoms with Crippen molar-refractivity contribution < 1.29 is 18.7 Å². The summed E-state index contributed by atoms with van der Waals surface area (Å²) in [7, 11) is 1.20. The highest BCUT2D eigenvalue weighted by Gasteiger charge is 2.22. The summed E-state index contributed by atoms with van der Waals surface area (Å²) in [5, 5.41) is 3.34. The Kier molecular flexibility index (Phi) is 6.11. The van der Waals surface area contributed by atoms with Crippen molar-refractivity contribution in [2.45, 2.75) is 6.92 Å². The van der Waals surface area contributed by atoms with E-state index in [0.717, 1.165) is 6.07 Å². The van der Waals surface area contributed by atoms with Gasteiger partial charge in [-0.05, 0) is 55.5 Å². The Balaban J connectivity index is 1.88. The number of ether oxygens (including phenoxy) is 1. The molecule has 166 valence electrons. The van der Waals surface area contributed by atoms with Crippen LogP contribution in [0.5, 0.6) is 0 Å². The van der Waals surface area contributed by atoms with Gasteiger partial charge in [0.25, 0.3) is 11.5 Å².